The second-order valence-electron chi connectivity index (χ2n) is 7.28. The quantitative estimate of drug-likeness (QED) is 0.835. The Morgan fingerprint density at radius 1 is 1.21 bits per heavy atom. The normalized spacial score (nSPS) is 19.9. The fourth-order valence-corrected chi connectivity index (χ4v) is 4.60. The van der Waals surface area contributed by atoms with Crippen LogP contribution in [0.1, 0.15) is 35.3 Å². The van der Waals surface area contributed by atoms with E-state index in [2.05, 4.69) is 15.2 Å². The Bertz CT molecular complexity index is 865. The minimum absolute atomic E-state index is 0.0275. The number of nitrogens with one attached hydrogen (secondary N) is 1. The van der Waals surface area contributed by atoms with Gasteiger partial charge in [0.2, 0.25) is 5.91 Å². The summed E-state index contributed by atoms with van der Waals surface area (Å²) in [6, 6.07) is 6.29. The summed E-state index contributed by atoms with van der Waals surface area (Å²) in [5, 5.41) is 4.74. The molecule has 2 aliphatic heterocycles. The van der Waals surface area contributed by atoms with Crippen molar-refractivity contribution in [3.05, 3.63) is 46.7 Å². The highest BCUT2D eigenvalue weighted by atomic mass is 32.1. The van der Waals surface area contributed by atoms with Crippen LogP contribution in [-0.4, -0.2) is 58.8 Å². The highest BCUT2D eigenvalue weighted by molar-refractivity contribution is 7.14. The van der Waals surface area contributed by atoms with Crippen molar-refractivity contribution in [3.63, 3.8) is 0 Å². The molecule has 4 rings (SSSR count). The van der Waals surface area contributed by atoms with E-state index in [0.717, 1.165) is 32.6 Å². The fourth-order valence-electron chi connectivity index (χ4n) is 3.90. The van der Waals surface area contributed by atoms with Gasteiger partial charge in [-0.25, -0.2) is 9.37 Å². The standard InChI is InChI=1S/C20H23FN4O2S/c21-17-6-2-1-5-16(17)19(27)23-20-22-14(13-28-20)11-18(26)25-10-7-15(12-25)24-8-3-4-9-24/h1-2,5-6,13,15H,3-4,7-12H2,(H,22,23,27). The number of hydrogen-bond acceptors (Lipinski definition) is 5. The van der Waals surface area contributed by atoms with E-state index in [1.165, 1.54) is 42.4 Å². The van der Waals surface area contributed by atoms with Gasteiger partial charge in [-0.3, -0.25) is 19.8 Å². The Balaban J connectivity index is 1.31. The maximum absolute atomic E-state index is 13.7. The summed E-state index contributed by atoms with van der Waals surface area (Å²) < 4.78 is 13.7. The highest BCUT2D eigenvalue weighted by Crippen LogP contribution is 2.22. The molecule has 2 fully saturated rings. The maximum Gasteiger partial charge on any atom is 0.260 e. The second-order valence-corrected chi connectivity index (χ2v) is 8.14. The third kappa shape index (κ3) is 4.23. The van der Waals surface area contributed by atoms with Crippen LogP contribution in [0.2, 0.25) is 0 Å². The van der Waals surface area contributed by atoms with Gasteiger partial charge < -0.3 is 4.90 Å². The topological polar surface area (TPSA) is 65.5 Å². The molecule has 3 heterocycles. The van der Waals surface area contributed by atoms with Gasteiger partial charge >= 0.3 is 0 Å². The number of likely N-dealkylation sites (tertiary alicyclic amines) is 2. The smallest absolute Gasteiger partial charge is 0.260 e. The minimum atomic E-state index is -0.575. The first-order valence-electron chi connectivity index (χ1n) is 9.62. The van der Waals surface area contributed by atoms with Crippen LogP contribution in [0.25, 0.3) is 0 Å². The highest BCUT2D eigenvalue weighted by Gasteiger charge is 2.31. The molecule has 148 valence electrons. The lowest BCUT2D eigenvalue weighted by Crippen LogP contribution is -2.37. The van der Waals surface area contributed by atoms with Gasteiger partial charge in [0, 0.05) is 24.5 Å². The lowest BCUT2D eigenvalue weighted by atomic mass is 10.2. The molecule has 1 N–H and O–H groups in total. The van der Waals surface area contributed by atoms with Crippen molar-refractivity contribution in [2.45, 2.75) is 31.7 Å². The monoisotopic (exact) mass is 402 g/mol. The Kier molecular flexibility index (Phi) is 5.68. The number of rotatable bonds is 5. The number of halogens is 1. The molecule has 1 aromatic carbocycles. The molecule has 1 atom stereocenters. The predicted octanol–water partition coefficient (Wildman–Crippen LogP) is 2.77. The van der Waals surface area contributed by atoms with Gasteiger partial charge in [0.1, 0.15) is 5.82 Å². The molecule has 1 aromatic heterocycles. The third-order valence-corrected chi connectivity index (χ3v) is 6.20. The minimum Gasteiger partial charge on any atom is -0.341 e. The molecule has 2 saturated heterocycles. The average molecular weight is 402 g/mol. The molecule has 0 saturated carbocycles. The maximum atomic E-state index is 13.7. The Labute approximate surface area is 167 Å². The van der Waals surface area contributed by atoms with Gasteiger partial charge in [-0.1, -0.05) is 12.1 Å². The Morgan fingerprint density at radius 3 is 2.79 bits per heavy atom. The Hall–Kier alpha value is -2.32. The summed E-state index contributed by atoms with van der Waals surface area (Å²) in [4.78, 5) is 33.5. The molecule has 2 aliphatic rings. The number of nitrogens with zero attached hydrogens (tertiary/aromatic N) is 3. The molecule has 28 heavy (non-hydrogen) atoms. The molecule has 1 unspecified atom stereocenters. The lowest BCUT2D eigenvalue weighted by Gasteiger charge is -2.23. The van der Waals surface area contributed by atoms with Crippen molar-refractivity contribution in [1.29, 1.82) is 0 Å². The van der Waals surface area contributed by atoms with Crippen LogP contribution in [0.5, 0.6) is 0 Å². The molecule has 8 heteroatoms. The SMILES string of the molecule is O=C(Nc1nc(CC(=O)N2CCC(N3CCCC3)C2)cs1)c1ccccc1F. The zero-order valence-electron chi connectivity index (χ0n) is 15.6. The summed E-state index contributed by atoms with van der Waals surface area (Å²) in [7, 11) is 0. The summed E-state index contributed by atoms with van der Waals surface area (Å²) in [5.74, 6) is -1.05. The molecule has 2 aromatic rings. The first-order chi connectivity index (χ1) is 13.6. The van der Waals surface area contributed by atoms with Gasteiger partial charge in [0.05, 0.1) is 17.7 Å². The first kappa shape index (κ1) is 19.0. The van der Waals surface area contributed by atoms with Gasteiger partial charge in [-0.2, -0.15) is 0 Å². The van der Waals surface area contributed by atoms with E-state index in [1.807, 2.05) is 4.90 Å². The second kappa shape index (κ2) is 8.36. The third-order valence-electron chi connectivity index (χ3n) is 5.40. The molecule has 6 nitrogen and oxygen atoms in total. The zero-order chi connectivity index (χ0) is 19.5. The number of carbonyl (C=O) groups is 2. The molecule has 0 spiro atoms. The molecular weight excluding hydrogens is 379 g/mol. The van der Waals surface area contributed by atoms with Crippen molar-refractivity contribution < 1.29 is 14.0 Å². The molecule has 0 bridgehead atoms. The van der Waals surface area contributed by atoms with E-state index in [1.54, 1.807) is 11.4 Å². The van der Waals surface area contributed by atoms with E-state index in [4.69, 9.17) is 0 Å². The van der Waals surface area contributed by atoms with Gasteiger partial charge in [-0.05, 0) is 44.5 Å². The molecule has 0 aliphatic carbocycles. The van der Waals surface area contributed by atoms with Crippen LogP contribution in [0, 0.1) is 5.82 Å². The number of aromatic nitrogens is 1. The van der Waals surface area contributed by atoms with Gasteiger partial charge in [0.15, 0.2) is 5.13 Å². The zero-order valence-corrected chi connectivity index (χ0v) is 16.4. The van der Waals surface area contributed by atoms with Crippen molar-refractivity contribution >= 4 is 28.3 Å². The lowest BCUT2D eigenvalue weighted by molar-refractivity contribution is -0.129. The first-order valence-corrected chi connectivity index (χ1v) is 10.5. The van der Waals surface area contributed by atoms with Crippen LogP contribution in [0.15, 0.2) is 29.6 Å². The fraction of sp³-hybridized carbons (Fsp3) is 0.450. The molecule has 2 amide bonds. The van der Waals surface area contributed by atoms with Gasteiger partial charge in [-0.15, -0.1) is 11.3 Å². The van der Waals surface area contributed by atoms with Crippen LogP contribution in [-0.2, 0) is 11.2 Å². The van der Waals surface area contributed by atoms with E-state index in [0.29, 0.717) is 16.9 Å². The van der Waals surface area contributed by atoms with Crippen LogP contribution < -0.4 is 5.32 Å². The van der Waals surface area contributed by atoms with E-state index < -0.39 is 11.7 Å². The molecule has 0 radical (unpaired) electrons. The van der Waals surface area contributed by atoms with Crippen LogP contribution >= 0.6 is 11.3 Å². The van der Waals surface area contributed by atoms with Crippen LogP contribution in [0.4, 0.5) is 9.52 Å². The number of thiazole rings is 1. The van der Waals surface area contributed by atoms with E-state index in [9.17, 15) is 14.0 Å². The predicted molar refractivity (Wildman–Crippen MR) is 106 cm³/mol. The van der Waals surface area contributed by atoms with Crippen molar-refractivity contribution in [2.75, 3.05) is 31.5 Å². The molecular formula is C20H23FN4O2S. The van der Waals surface area contributed by atoms with Gasteiger partial charge in [0.25, 0.3) is 5.91 Å². The average Bonchev–Trinajstić information content (AvgIpc) is 3.43. The summed E-state index contributed by atoms with van der Waals surface area (Å²) in [6.45, 7) is 3.87. The summed E-state index contributed by atoms with van der Waals surface area (Å²) in [6.07, 6.45) is 3.76. The number of hydrogen-bond donors (Lipinski definition) is 1. The number of benzene rings is 1. The van der Waals surface area contributed by atoms with Crippen molar-refractivity contribution in [2.24, 2.45) is 0 Å². The van der Waals surface area contributed by atoms with Crippen molar-refractivity contribution in [1.82, 2.24) is 14.8 Å². The van der Waals surface area contributed by atoms with Crippen LogP contribution in [0.3, 0.4) is 0 Å². The number of anilines is 1. The summed E-state index contributed by atoms with van der Waals surface area (Å²) in [5.41, 5.74) is 0.601. The largest absolute Gasteiger partial charge is 0.341 e. The number of amides is 2. The van der Waals surface area contributed by atoms with E-state index in [-0.39, 0.29) is 17.9 Å². The van der Waals surface area contributed by atoms with Crippen molar-refractivity contribution in [3.8, 4) is 0 Å². The van der Waals surface area contributed by atoms with E-state index >= 15 is 0 Å². The number of carbonyl (C=O) groups excluding carboxylic acids is 2. The summed E-state index contributed by atoms with van der Waals surface area (Å²) >= 11 is 1.24. The Morgan fingerprint density at radius 2 is 2.00 bits per heavy atom.